The molecule has 0 bridgehead atoms. The Morgan fingerprint density at radius 1 is 0.459 bits per heavy atom. The number of ether oxygens (including phenoxy) is 1. The highest BCUT2D eigenvalue weighted by Crippen LogP contribution is 2.17. The zero-order chi connectivity index (χ0) is 44.4. The Bertz CT molecular complexity index is 951. The molecule has 360 valence electrons. The van der Waals surface area contributed by atoms with Crippen LogP contribution in [-0.2, 0) is 14.3 Å². The summed E-state index contributed by atoms with van der Waals surface area (Å²) in [7, 11) is 0. The Morgan fingerprint density at radius 2 is 0.803 bits per heavy atom. The number of aliphatic hydroxyl groups is 2. The molecule has 61 heavy (non-hydrogen) atoms. The van der Waals surface area contributed by atoms with Crippen molar-refractivity contribution in [2.75, 3.05) is 13.2 Å². The van der Waals surface area contributed by atoms with Crippen molar-refractivity contribution in [3.63, 3.8) is 0 Å². The Hall–Kier alpha value is -1.66. The normalized spacial score (nSPS) is 12.8. The highest BCUT2D eigenvalue weighted by Gasteiger charge is 2.20. The van der Waals surface area contributed by atoms with Crippen molar-refractivity contribution >= 4 is 11.9 Å². The first-order valence-corrected chi connectivity index (χ1v) is 27.1. The highest BCUT2D eigenvalue weighted by molar-refractivity contribution is 5.76. The number of carbonyl (C=O) groups is 2. The third-order valence-corrected chi connectivity index (χ3v) is 12.5. The number of rotatable bonds is 50. The van der Waals surface area contributed by atoms with Crippen molar-refractivity contribution in [3.8, 4) is 0 Å². The van der Waals surface area contributed by atoms with Crippen LogP contribution in [-0.4, -0.2) is 47.4 Å². The molecule has 0 aliphatic heterocycles. The Kier molecular flexibility index (Phi) is 49.6. The summed E-state index contributed by atoms with van der Waals surface area (Å²) in [5.41, 5.74) is 0. The maximum atomic E-state index is 12.5. The molecule has 0 aromatic rings. The van der Waals surface area contributed by atoms with E-state index < -0.39 is 12.1 Å². The molecular weight excluding hydrogens is 755 g/mol. The molecule has 0 aliphatic carbocycles. The van der Waals surface area contributed by atoms with E-state index in [1.807, 2.05) is 0 Å². The zero-order valence-corrected chi connectivity index (χ0v) is 40.9. The van der Waals surface area contributed by atoms with Crippen molar-refractivity contribution in [2.45, 2.75) is 302 Å². The minimum atomic E-state index is -0.678. The molecule has 0 aliphatic rings. The predicted molar refractivity (Wildman–Crippen MR) is 264 cm³/mol. The fraction of sp³-hybridized carbons (Fsp3) is 0.891. The van der Waals surface area contributed by atoms with Crippen LogP contribution < -0.4 is 5.32 Å². The van der Waals surface area contributed by atoms with Gasteiger partial charge in [0.15, 0.2) is 0 Å². The summed E-state index contributed by atoms with van der Waals surface area (Å²) in [5.74, 6) is -0.0775. The maximum Gasteiger partial charge on any atom is 0.305 e. The first kappa shape index (κ1) is 59.3. The monoisotopic (exact) mass is 860 g/mol. The average Bonchev–Trinajstić information content (AvgIpc) is 3.26. The second kappa shape index (κ2) is 51.0. The average molecular weight is 860 g/mol. The first-order valence-electron chi connectivity index (χ1n) is 27.1. The molecule has 6 heteroatoms. The summed E-state index contributed by atoms with van der Waals surface area (Å²) >= 11 is 0. The van der Waals surface area contributed by atoms with E-state index in [9.17, 15) is 19.8 Å². The number of amides is 1. The number of hydrogen-bond donors (Lipinski definition) is 3. The van der Waals surface area contributed by atoms with Crippen LogP contribution in [0.3, 0.4) is 0 Å². The van der Waals surface area contributed by atoms with Gasteiger partial charge in [0, 0.05) is 12.8 Å². The number of aliphatic hydroxyl groups excluding tert-OH is 2. The molecule has 2 unspecified atom stereocenters. The molecule has 1 amide bonds. The topological polar surface area (TPSA) is 95.9 Å². The largest absolute Gasteiger partial charge is 0.466 e. The van der Waals surface area contributed by atoms with E-state index in [4.69, 9.17) is 4.74 Å². The van der Waals surface area contributed by atoms with Crippen LogP contribution in [0.2, 0.25) is 0 Å². The Labute approximate surface area is 380 Å². The molecule has 0 fully saturated rings. The minimum Gasteiger partial charge on any atom is -0.466 e. The Morgan fingerprint density at radius 3 is 1.21 bits per heavy atom. The van der Waals surface area contributed by atoms with Gasteiger partial charge in [-0.3, -0.25) is 9.59 Å². The first-order chi connectivity index (χ1) is 30.0. The number of allylic oxidation sites excluding steroid dienone is 4. The van der Waals surface area contributed by atoms with E-state index in [0.717, 1.165) is 77.0 Å². The van der Waals surface area contributed by atoms with Crippen molar-refractivity contribution in [2.24, 2.45) is 0 Å². The van der Waals surface area contributed by atoms with Gasteiger partial charge in [-0.2, -0.15) is 0 Å². The van der Waals surface area contributed by atoms with Crippen LogP contribution in [0.1, 0.15) is 290 Å². The van der Waals surface area contributed by atoms with Gasteiger partial charge in [-0.15, -0.1) is 0 Å². The van der Waals surface area contributed by atoms with E-state index in [-0.39, 0.29) is 18.5 Å². The second-order valence-electron chi connectivity index (χ2n) is 18.6. The fourth-order valence-electron chi connectivity index (χ4n) is 8.34. The number of hydrogen-bond acceptors (Lipinski definition) is 5. The number of nitrogens with one attached hydrogen (secondary N) is 1. The highest BCUT2D eigenvalue weighted by atomic mass is 16.5. The Balaban J connectivity index is 3.53. The standard InChI is InChI=1S/C55H105NO5/c1-3-5-7-9-11-13-15-16-17-18-19-21-24-28-31-35-39-43-47-53(58)52(51-57)56-54(59)48-44-40-36-32-29-25-22-20-23-26-30-34-38-42-46-50-61-55(60)49-45-41-37-33-27-14-12-10-8-6-4-2/h20,23,26,30,52-53,57-58H,3-19,21-22,24-25,27-29,31-51H2,1-2H3,(H,56,59)/b23-20-,30-26-. The van der Waals surface area contributed by atoms with Crippen LogP contribution >= 0.6 is 0 Å². The van der Waals surface area contributed by atoms with Gasteiger partial charge in [-0.25, -0.2) is 0 Å². The molecular formula is C55H105NO5. The molecule has 0 saturated heterocycles. The lowest BCUT2D eigenvalue weighted by molar-refractivity contribution is -0.143. The summed E-state index contributed by atoms with van der Waals surface area (Å²) in [6, 6.07) is -0.558. The van der Waals surface area contributed by atoms with Gasteiger partial charge in [0.2, 0.25) is 5.91 Å². The predicted octanol–water partition coefficient (Wildman–Crippen LogP) is 16.3. The molecule has 0 aromatic heterocycles. The summed E-state index contributed by atoms with van der Waals surface area (Å²) in [4.78, 5) is 24.4. The third kappa shape index (κ3) is 47.7. The molecule has 0 spiro atoms. The van der Waals surface area contributed by atoms with Gasteiger partial charge in [-0.1, -0.05) is 244 Å². The van der Waals surface area contributed by atoms with Crippen molar-refractivity contribution < 1.29 is 24.5 Å². The number of carbonyl (C=O) groups excluding carboxylic acids is 2. The molecule has 0 aromatic carbocycles. The van der Waals surface area contributed by atoms with E-state index in [1.54, 1.807) is 0 Å². The summed E-state index contributed by atoms with van der Waals surface area (Å²) in [5, 5.41) is 23.3. The molecule has 3 N–H and O–H groups in total. The van der Waals surface area contributed by atoms with Crippen molar-refractivity contribution in [1.82, 2.24) is 5.32 Å². The summed E-state index contributed by atoms with van der Waals surface area (Å²) < 4.78 is 5.43. The molecule has 0 rings (SSSR count). The quantitative estimate of drug-likeness (QED) is 0.0322. The molecule has 6 nitrogen and oxygen atoms in total. The molecule has 0 radical (unpaired) electrons. The van der Waals surface area contributed by atoms with Gasteiger partial charge in [0.05, 0.1) is 25.4 Å². The lowest BCUT2D eigenvalue weighted by atomic mass is 10.0. The molecule has 0 heterocycles. The SMILES string of the molecule is CCCCCCCCCCCCCCCCCCCCC(O)C(CO)NC(=O)CCCCCCCC/C=C\C=C/CCCCCOC(=O)CCCCCCCCCCCCC. The smallest absolute Gasteiger partial charge is 0.305 e. The van der Waals surface area contributed by atoms with Crippen LogP contribution in [0, 0.1) is 0 Å². The van der Waals surface area contributed by atoms with Crippen LogP contribution in [0.15, 0.2) is 24.3 Å². The van der Waals surface area contributed by atoms with Crippen molar-refractivity contribution in [3.05, 3.63) is 24.3 Å². The third-order valence-electron chi connectivity index (χ3n) is 12.5. The van der Waals surface area contributed by atoms with E-state index in [2.05, 4.69) is 43.5 Å². The minimum absolute atomic E-state index is 0.0218. The van der Waals surface area contributed by atoms with Gasteiger partial charge in [0.1, 0.15) is 0 Å². The summed E-state index contributed by atoms with van der Waals surface area (Å²) in [6.45, 7) is 4.90. The van der Waals surface area contributed by atoms with Crippen LogP contribution in [0.25, 0.3) is 0 Å². The molecule has 2 atom stereocenters. The summed E-state index contributed by atoms with van der Waals surface area (Å²) in [6.07, 6.45) is 60.1. The van der Waals surface area contributed by atoms with Crippen molar-refractivity contribution in [1.29, 1.82) is 0 Å². The fourth-order valence-corrected chi connectivity index (χ4v) is 8.34. The van der Waals surface area contributed by atoms with Gasteiger partial charge in [0.25, 0.3) is 0 Å². The van der Waals surface area contributed by atoms with Gasteiger partial charge in [-0.05, 0) is 57.8 Å². The lowest BCUT2D eigenvalue weighted by Crippen LogP contribution is -2.45. The number of unbranched alkanes of at least 4 members (excludes halogenated alkanes) is 36. The van der Waals surface area contributed by atoms with Crippen LogP contribution in [0.5, 0.6) is 0 Å². The van der Waals surface area contributed by atoms with Gasteiger partial charge < -0.3 is 20.3 Å². The van der Waals surface area contributed by atoms with E-state index in [0.29, 0.717) is 25.9 Å². The zero-order valence-electron chi connectivity index (χ0n) is 40.9. The molecule has 0 saturated carbocycles. The lowest BCUT2D eigenvalue weighted by Gasteiger charge is -2.22. The van der Waals surface area contributed by atoms with Gasteiger partial charge >= 0.3 is 5.97 Å². The number of esters is 1. The second-order valence-corrected chi connectivity index (χ2v) is 18.6. The maximum absolute atomic E-state index is 12.5. The van der Waals surface area contributed by atoms with E-state index in [1.165, 1.54) is 180 Å². The van der Waals surface area contributed by atoms with E-state index >= 15 is 0 Å². The van der Waals surface area contributed by atoms with Crippen LogP contribution in [0.4, 0.5) is 0 Å².